The summed E-state index contributed by atoms with van der Waals surface area (Å²) in [7, 11) is -3.75. The van der Waals surface area contributed by atoms with Crippen molar-refractivity contribution in [3.63, 3.8) is 0 Å². The predicted octanol–water partition coefficient (Wildman–Crippen LogP) is 1.36. The fraction of sp³-hybridized carbons (Fsp3) is 0.231. The third-order valence-electron chi connectivity index (χ3n) is 2.82. The first-order valence-corrected chi connectivity index (χ1v) is 7.75. The highest BCUT2D eigenvalue weighted by molar-refractivity contribution is 7.92. The van der Waals surface area contributed by atoms with E-state index in [1.165, 1.54) is 30.6 Å². The van der Waals surface area contributed by atoms with Gasteiger partial charge >= 0.3 is 0 Å². The number of benzene rings is 1. The summed E-state index contributed by atoms with van der Waals surface area (Å²) in [5.74, 6) is -0.622. The van der Waals surface area contributed by atoms with Crippen molar-refractivity contribution in [1.82, 2.24) is 9.78 Å². The number of aromatic nitrogens is 2. The van der Waals surface area contributed by atoms with Crippen LogP contribution in [0.25, 0.3) is 0 Å². The van der Waals surface area contributed by atoms with Gasteiger partial charge in [-0.1, -0.05) is 6.07 Å². The second-order valence-electron chi connectivity index (χ2n) is 4.80. The van der Waals surface area contributed by atoms with Crippen LogP contribution in [-0.2, 0) is 10.0 Å². The van der Waals surface area contributed by atoms with E-state index in [0.717, 1.165) is 0 Å². The summed E-state index contributed by atoms with van der Waals surface area (Å²) in [6.45, 7) is 3.79. The van der Waals surface area contributed by atoms with Crippen LogP contribution in [0.3, 0.4) is 0 Å². The second kappa shape index (κ2) is 5.57. The number of hydrogen-bond acceptors (Lipinski definition) is 4. The standard InChI is InChI=1S/C13H16N4O3S/c1-9(2)17-8-12(7-15-17)21(19,20)16-11-5-3-4-10(6-11)13(14)18/h3-9,16H,1-2H3,(H2,14,18). The molecule has 0 bridgehead atoms. The summed E-state index contributed by atoms with van der Waals surface area (Å²) in [6, 6.07) is 6.04. The molecule has 0 radical (unpaired) electrons. The normalized spacial score (nSPS) is 11.6. The molecule has 7 nitrogen and oxygen atoms in total. The van der Waals surface area contributed by atoms with E-state index in [1.54, 1.807) is 10.7 Å². The summed E-state index contributed by atoms with van der Waals surface area (Å²) in [4.78, 5) is 11.2. The van der Waals surface area contributed by atoms with E-state index in [0.29, 0.717) is 0 Å². The van der Waals surface area contributed by atoms with Gasteiger partial charge in [-0.3, -0.25) is 14.2 Å². The van der Waals surface area contributed by atoms with Crippen molar-refractivity contribution >= 4 is 21.6 Å². The van der Waals surface area contributed by atoms with Gasteiger partial charge in [0.15, 0.2) is 0 Å². The zero-order chi connectivity index (χ0) is 15.6. The van der Waals surface area contributed by atoms with Crippen LogP contribution < -0.4 is 10.5 Å². The van der Waals surface area contributed by atoms with Crippen LogP contribution in [0.4, 0.5) is 5.69 Å². The summed E-state index contributed by atoms with van der Waals surface area (Å²) in [5, 5.41) is 3.99. The SMILES string of the molecule is CC(C)n1cc(S(=O)(=O)Nc2cccc(C(N)=O)c2)cn1. The number of anilines is 1. The second-order valence-corrected chi connectivity index (χ2v) is 6.48. The van der Waals surface area contributed by atoms with Gasteiger partial charge in [0.05, 0.1) is 6.20 Å². The van der Waals surface area contributed by atoms with Gasteiger partial charge in [0.25, 0.3) is 10.0 Å². The van der Waals surface area contributed by atoms with Crippen LogP contribution >= 0.6 is 0 Å². The Balaban J connectivity index is 2.28. The number of nitrogens with zero attached hydrogens (tertiary/aromatic N) is 2. The molecule has 1 aromatic carbocycles. The molecule has 0 fully saturated rings. The number of hydrogen-bond donors (Lipinski definition) is 2. The van der Waals surface area contributed by atoms with Crippen molar-refractivity contribution in [2.45, 2.75) is 24.8 Å². The summed E-state index contributed by atoms with van der Waals surface area (Å²) < 4.78 is 28.4. The van der Waals surface area contributed by atoms with Crippen molar-refractivity contribution in [2.24, 2.45) is 5.73 Å². The largest absolute Gasteiger partial charge is 0.366 e. The molecule has 0 unspecified atom stereocenters. The molecular formula is C13H16N4O3S. The Kier molecular flexibility index (Phi) is 3.99. The average molecular weight is 308 g/mol. The molecule has 2 rings (SSSR count). The minimum Gasteiger partial charge on any atom is -0.366 e. The molecule has 2 aromatic rings. The number of nitrogens with two attached hydrogens (primary N) is 1. The zero-order valence-corrected chi connectivity index (χ0v) is 12.5. The summed E-state index contributed by atoms with van der Waals surface area (Å²) in [5.41, 5.74) is 5.66. The Morgan fingerprint density at radius 3 is 2.67 bits per heavy atom. The molecule has 112 valence electrons. The fourth-order valence-electron chi connectivity index (χ4n) is 1.69. The van der Waals surface area contributed by atoms with Crippen molar-refractivity contribution in [3.8, 4) is 0 Å². The monoisotopic (exact) mass is 308 g/mol. The smallest absolute Gasteiger partial charge is 0.265 e. The molecule has 8 heteroatoms. The highest BCUT2D eigenvalue weighted by Crippen LogP contribution is 2.17. The Morgan fingerprint density at radius 1 is 1.38 bits per heavy atom. The van der Waals surface area contributed by atoms with Gasteiger partial charge < -0.3 is 5.73 Å². The van der Waals surface area contributed by atoms with Crippen molar-refractivity contribution in [2.75, 3.05) is 4.72 Å². The van der Waals surface area contributed by atoms with Crippen molar-refractivity contribution in [3.05, 3.63) is 42.2 Å². The van der Waals surface area contributed by atoms with Crippen molar-refractivity contribution in [1.29, 1.82) is 0 Å². The molecule has 1 heterocycles. The van der Waals surface area contributed by atoms with Gasteiger partial charge in [0.2, 0.25) is 5.91 Å². The molecule has 3 N–H and O–H groups in total. The topological polar surface area (TPSA) is 107 Å². The number of sulfonamides is 1. The lowest BCUT2D eigenvalue weighted by molar-refractivity contribution is 0.100. The quantitative estimate of drug-likeness (QED) is 0.869. The predicted molar refractivity (Wildman–Crippen MR) is 78.4 cm³/mol. The molecule has 21 heavy (non-hydrogen) atoms. The molecule has 1 aromatic heterocycles. The van der Waals surface area contributed by atoms with Crippen molar-refractivity contribution < 1.29 is 13.2 Å². The first kappa shape index (κ1) is 15.0. The third-order valence-corrected chi connectivity index (χ3v) is 4.15. The number of nitrogens with one attached hydrogen (secondary N) is 1. The maximum absolute atomic E-state index is 12.2. The highest BCUT2D eigenvalue weighted by atomic mass is 32.2. The van der Waals surface area contributed by atoms with Crippen LogP contribution in [0.5, 0.6) is 0 Å². The van der Waals surface area contributed by atoms with Gasteiger partial charge in [-0.15, -0.1) is 0 Å². The lowest BCUT2D eigenvalue weighted by atomic mass is 10.2. The van der Waals surface area contributed by atoms with E-state index in [9.17, 15) is 13.2 Å². The molecule has 0 saturated heterocycles. The van der Waals surface area contributed by atoms with Gasteiger partial charge in [0, 0.05) is 23.5 Å². The van der Waals surface area contributed by atoms with Crippen LogP contribution in [-0.4, -0.2) is 24.1 Å². The Hall–Kier alpha value is -2.35. The molecule has 0 spiro atoms. The fourth-order valence-corrected chi connectivity index (χ4v) is 2.68. The number of carbonyl (C=O) groups is 1. The Morgan fingerprint density at radius 2 is 2.10 bits per heavy atom. The number of amides is 1. The Bertz CT molecular complexity index is 765. The molecule has 0 aliphatic carbocycles. The third kappa shape index (κ3) is 3.40. The van der Waals surface area contributed by atoms with Gasteiger partial charge in [-0.05, 0) is 32.0 Å². The molecule has 0 saturated carbocycles. The van der Waals surface area contributed by atoms with E-state index < -0.39 is 15.9 Å². The zero-order valence-electron chi connectivity index (χ0n) is 11.6. The molecule has 1 amide bonds. The van der Waals surface area contributed by atoms with Crippen LogP contribution in [0.1, 0.15) is 30.2 Å². The average Bonchev–Trinajstić information content (AvgIpc) is 2.89. The minimum absolute atomic E-state index is 0.0562. The highest BCUT2D eigenvalue weighted by Gasteiger charge is 2.17. The summed E-state index contributed by atoms with van der Waals surface area (Å²) >= 11 is 0. The lowest BCUT2D eigenvalue weighted by Crippen LogP contribution is -2.14. The van der Waals surface area contributed by atoms with E-state index >= 15 is 0 Å². The van der Waals surface area contributed by atoms with E-state index in [2.05, 4.69) is 9.82 Å². The van der Waals surface area contributed by atoms with E-state index in [4.69, 9.17) is 5.73 Å². The first-order valence-electron chi connectivity index (χ1n) is 6.26. The van der Waals surface area contributed by atoms with Crippen LogP contribution in [0.15, 0.2) is 41.6 Å². The van der Waals surface area contributed by atoms with Gasteiger partial charge in [0.1, 0.15) is 4.90 Å². The maximum Gasteiger partial charge on any atom is 0.265 e. The number of rotatable bonds is 5. The lowest BCUT2D eigenvalue weighted by Gasteiger charge is -2.07. The van der Waals surface area contributed by atoms with Gasteiger partial charge in [-0.2, -0.15) is 5.10 Å². The van der Waals surface area contributed by atoms with Crippen LogP contribution in [0.2, 0.25) is 0 Å². The minimum atomic E-state index is -3.75. The number of primary amides is 1. The molecule has 0 aliphatic rings. The van der Waals surface area contributed by atoms with Gasteiger partial charge in [-0.25, -0.2) is 8.42 Å². The number of carbonyl (C=O) groups excluding carboxylic acids is 1. The van der Waals surface area contributed by atoms with E-state index in [1.807, 2.05) is 13.8 Å². The molecule has 0 atom stereocenters. The summed E-state index contributed by atoms with van der Waals surface area (Å²) in [6.07, 6.45) is 2.73. The first-order chi connectivity index (χ1) is 9.79. The molecule has 0 aliphatic heterocycles. The maximum atomic E-state index is 12.2. The van der Waals surface area contributed by atoms with Crippen LogP contribution in [0, 0.1) is 0 Å². The van der Waals surface area contributed by atoms with E-state index in [-0.39, 0.29) is 22.2 Å². The Labute approximate surface area is 122 Å². The molecular weight excluding hydrogens is 292 g/mol.